The average molecular weight is 212 g/mol. The molecule has 0 saturated heterocycles. The van der Waals surface area contributed by atoms with Crippen LogP contribution in [0.3, 0.4) is 0 Å². The van der Waals surface area contributed by atoms with Crippen molar-refractivity contribution in [2.75, 3.05) is 18.6 Å². The Bertz CT molecular complexity index is 311. The Morgan fingerprint density at radius 3 is 2.43 bits per heavy atom. The number of urea groups is 1. The van der Waals surface area contributed by atoms with Gasteiger partial charge in [0.15, 0.2) is 0 Å². The van der Waals surface area contributed by atoms with Gasteiger partial charge in [-0.2, -0.15) is 0 Å². The van der Waals surface area contributed by atoms with Crippen LogP contribution in [0.4, 0.5) is 10.5 Å². The summed E-state index contributed by atoms with van der Waals surface area (Å²) in [6.07, 6.45) is 1.98. The van der Waals surface area contributed by atoms with Gasteiger partial charge in [-0.05, 0) is 30.5 Å². The smallest absolute Gasteiger partial charge is 0.306 e. The summed E-state index contributed by atoms with van der Waals surface area (Å²) in [6.45, 7) is 0. The number of nitrogens with one attached hydrogen (secondary N) is 1. The van der Waals surface area contributed by atoms with Gasteiger partial charge < -0.3 is 5.32 Å². The maximum absolute atomic E-state index is 11.0. The molecule has 76 valence electrons. The minimum Gasteiger partial charge on any atom is -0.306 e. The number of nitrogens with zero attached hydrogens (tertiary/aromatic N) is 1. The predicted molar refractivity (Wildman–Crippen MR) is 56.8 cm³/mol. The van der Waals surface area contributed by atoms with Gasteiger partial charge in [0.2, 0.25) is 0 Å². The summed E-state index contributed by atoms with van der Waals surface area (Å²) >= 11 is 1.63. The first-order valence-corrected chi connectivity index (χ1v) is 5.23. The van der Waals surface area contributed by atoms with Crippen molar-refractivity contribution in [1.29, 1.82) is 0 Å². The lowest BCUT2D eigenvalue weighted by molar-refractivity contribution is -0.0118. The van der Waals surface area contributed by atoms with Crippen molar-refractivity contribution < 1.29 is 10.0 Å². The summed E-state index contributed by atoms with van der Waals surface area (Å²) in [6, 6.07) is 6.82. The molecule has 0 bridgehead atoms. The number of carbonyl (C=O) groups excluding carboxylic acids is 1. The molecule has 0 unspecified atom stereocenters. The third-order valence-corrected chi connectivity index (χ3v) is 2.38. The van der Waals surface area contributed by atoms with Crippen molar-refractivity contribution >= 4 is 23.5 Å². The third-order valence-electron chi connectivity index (χ3n) is 1.64. The van der Waals surface area contributed by atoms with E-state index in [-0.39, 0.29) is 0 Å². The monoisotopic (exact) mass is 212 g/mol. The maximum Gasteiger partial charge on any atom is 0.345 e. The number of amides is 2. The molecule has 0 aliphatic carbocycles. The zero-order valence-electron chi connectivity index (χ0n) is 8.02. The standard InChI is InChI=1S/C9H12N2O2S/c1-11(13)9(12)10-7-3-5-8(14-2)6-4-7/h3-6,13H,1-2H3,(H,10,12). The summed E-state index contributed by atoms with van der Waals surface area (Å²) in [4.78, 5) is 12.2. The number of thioether (sulfide) groups is 1. The maximum atomic E-state index is 11.0. The molecule has 0 fully saturated rings. The number of benzene rings is 1. The Morgan fingerprint density at radius 1 is 1.43 bits per heavy atom. The molecule has 1 aromatic carbocycles. The topological polar surface area (TPSA) is 52.6 Å². The summed E-state index contributed by atoms with van der Waals surface area (Å²) in [5.74, 6) is 0. The minimum atomic E-state index is -0.554. The first-order chi connectivity index (χ1) is 6.63. The lowest BCUT2D eigenvalue weighted by Gasteiger charge is -2.10. The van der Waals surface area contributed by atoms with Crippen LogP contribution in [0.25, 0.3) is 0 Å². The molecular weight excluding hydrogens is 200 g/mol. The van der Waals surface area contributed by atoms with Crippen LogP contribution in [-0.2, 0) is 0 Å². The quantitative estimate of drug-likeness (QED) is 0.449. The fraction of sp³-hybridized carbons (Fsp3) is 0.222. The number of hydroxylamine groups is 2. The van der Waals surface area contributed by atoms with Crippen LogP contribution in [0, 0.1) is 0 Å². The van der Waals surface area contributed by atoms with Crippen molar-refractivity contribution in [2.45, 2.75) is 4.90 Å². The Kier molecular flexibility index (Phi) is 3.79. The fourth-order valence-electron chi connectivity index (χ4n) is 0.879. The highest BCUT2D eigenvalue weighted by Crippen LogP contribution is 2.17. The molecule has 0 heterocycles. The highest BCUT2D eigenvalue weighted by molar-refractivity contribution is 7.98. The van der Waals surface area contributed by atoms with Crippen molar-refractivity contribution in [3.8, 4) is 0 Å². The molecular formula is C9H12N2O2S. The van der Waals surface area contributed by atoms with E-state index in [1.165, 1.54) is 7.05 Å². The van der Waals surface area contributed by atoms with Crippen molar-refractivity contribution in [1.82, 2.24) is 5.06 Å². The van der Waals surface area contributed by atoms with Crippen molar-refractivity contribution in [2.24, 2.45) is 0 Å². The van der Waals surface area contributed by atoms with Crippen LogP contribution in [-0.4, -0.2) is 29.6 Å². The van der Waals surface area contributed by atoms with E-state index in [1.807, 2.05) is 18.4 Å². The van der Waals surface area contributed by atoms with Gasteiger partial charge in [0.1, 0.15) is 0 Å². The van der Waals surface area contributed by atoms with Gasteiger partial charge in [-0.3, -0.25) is 5.21 Å². The molecule has 0 atom stereocenters. The van der Waals surface area contributed by atoms with E-state index in [2.05, 4.69) is 5.32 Å². The normalized spacial score (nSPS) is 9.64. The number of anilines is 1. The van der Waals surface area contributed by atoms with E-state index in [4.69, 9.17) is 5.21 Å². The van der Waals surface area contributed by atoms with E-state index in [0.29, 0.717) is 10.8 Å². The summed E-state index contributed by atoms with van der Waals surface area (Å²) in [7, 11) is 1.27. The van der Waals surface area contributed by atoms with Gasteiger partial charge in [0.05, 0.1) is 0 Å². The minimum absolute atomic E-state index is 0.502. The van der Waals surface area contributed by atoms with Crippen LogP contribution in [0.1, 0.15) is 0 Å². The Hall–Kier alpha value is -1.20. The van der Waals surface area contributed by atoms with Crippen LogP contribution in [0.15, 0.2) is 29.2 Å². The zero-order valence-corrected chi connectivity index (χ0v) is 8.84. The SMILES string of the molecule is CSc1ccc(NC(=O)N(C)O)cc1. The van der Waals surface area contributed by atoms with Crippen molar-refractivity contribution in [3.63, 3.8) is 0 Å². The lowest BCUT2D eigenvalue weighted by Crippen LogP contribution is -2.27. The molecule has 4 nitrogen and oxygen atoms in total. The van der Waals surface area contributed by atoms with E-state index in [1.54, 1.807) is 23.9 Å². The van der Waals surface area contributed by atoms with Crippen LogP contribution in [0.2, 0.25) is 0 Å². The largest absolute Gasteiger partial charge is 0.345 e. The van der Waals surface area contributed by atoms with E-state index in [0.717, 1.165) is 4.90 Å². The number of rotatable bonds is 2. The van der Waals surface area contributed by atoms with Crippen LogP contribution >= 0.6 is 11.8 Å². The van der Waals surface area contributed by atoms with Gasteiger partial charge in [-0.1, -0.05) is 0 Å². The molecule has 0 aliphatic heterocycles. The van der Waals surface area contributed by atoms with Gasteiger partial charge in [0, 0.05) is 17.6 Å². The first kappa shape index (κ1) is 10.9. The van der Waals surface area contributed by atoms with Crippen LogP contribution in [0.5, 0.6) is 0 Å². The van der Waals surface area contributed by atoms with E-state index in [9.17, 15) is 4.79 Å². The van der Waals surface area contributed by atoms with Gasteiger partial charge >= 0.3 is 6.03 Å². The second-order valence-corrected chi connectivity index (χ2v) is 3.56. The molecule has 0 aromatic heterocycles. The molecule has 2 N–H and O–H groups in total. The highest BCUT2D eigenvalue weighted by Gasteiger charge is 2.04. The molecule has 1 aromatic rings. The predicted octanol–water partition coefficient (Wildman–Crippen LogP) is 2.26. The molecule has 0 saturated carbocycles. The average Bonchev–Trinajstić information content (AvgIpc) is 2.19. The van der Waals surface area contributed by atoms with E-state index >= 15 is 0 Å². The first-order valence-electron chi connectivity index (χ1n) is 4.01. The van der Waals surface area contributed by atoms with Gasteiger partial charge in [0.25, 0.3) is 0 Å². The Balaban J connectivity index is 2.64. The summed E-state index contributed by atoms with van der Waals surface area (Å²) < 4.78 is 0. The second-order valence-electron chi connectivity index (χ2n) is 2.68. The van der Waals surface area contributed by atoms with Crippen molar-refractivity contribution in [3.05, 3.63) is 24.3 Å². The highest BCUT2D eigenvalue weighted by atomic mass is 32.2. The summed E-state index contributed by atoms with van der Waals surface area (Å²) in [5.41, 5.74) is 0.661. The lowest BCUT2D eigenvalue weighted by atomic mass is 10.3. The second kappa shape index (κ2) is 4.88. The molecule has 0 aliphatic rings. The van der Waals surface area contributed by atoms with Gasteiger partial charge in [-0.15, -0.1) is 11.8 Å². The fourth-order valence-corrected chi connectivity index (χ4v) is 1.29. The molecule has 2 amide bonds. The molecule has 1 rings (SSSR count). The van der Waals surface area contributed by atoms with Crippen LogP contribution < -0.4 is 5.32 Å². The molecule has 0 spiro atoms. The number of carbonyl (C=O) groups is 1. The molecule has 14 heavy (non-hydrogen) atoms. The van der Waals surface area contributed by atoms with E-state index < -0.39 is 6.03 Å². The third kappa shape index (κ3) is 2.93. The zero-order chi connectivity index (χ0) is 10.6. The Morgan fingerprint density at radius 2 is 2.00 bits per heavy atom. The number of hydrogen-bond donors (Lipinski definition) is 2. The number of hydrogen-bond acceptors (Lipinski definition) is 3. The molecule has 5 heteroatoms. The summed E-state index contributed by atoms with van der Waals surface area (Å²) in [5, 5.41) is 11.8. The Labute approximate surface area is 86.9 Å². The van der Waals surface area contributed by atoms with Gasteiger partial charge in [-0.25, -0.2) is 9.86 Å². The molecule has 0 radical (unpaired) electrons.